The first-order valence-corrected chi connectivity index (χ1v) is 10.1. The van der Waals surface area contributed by atoms with Gasteiger partial charge in [-0.1, -0.05) is 6.07 Å². The first-order valence-electron chi connectivity index (χ1n) is 9.69. The third kappa shape index (κ3) is 3.54. The fourth-order valence-corrected chi connectivity index (χ4v) is 4.30. The van der Waals surface area contributed by atoms with Gasteiger partial charge in [0.15, 0.2) is 5.11 Å². The molecule has 0 saturated carbocycles. The number of pyridine rings is 1. The van der Waals surface area contributed by atoms with Crippen LogP contribution in [0.4, 0.5) is 0 Å². The van der Waals surface area contributed by atoms with E-state index in [1.807, 2.05) is 46.3 Å². The van der Waals surface area contributed by atoms with Crippen molar-refractivity contribution in [2.75, 3.05) is 13.2 Å². The third-order valence-electron chi connectivity index (χ3n) is 5.19. The Morgan fingerprint density at radius 1 is 1.27 bits per heavy atom. The number of nitrogens with one attached hydrogen (secondary N) is 1. The lowest BCUT2D eigenvalue weighted by molar-refractivity contribution is -0.143. The van der Waals surface area contributed by atoms with Gasteiger partial charge in [-0.05, 0) is 51.2 Å². The van der Waals surface area contributed by atoms with E-state index in [1.54, 1.807) is 25.8 Å². The molecule has 1 fully saturated rings. The first kappa shape index (κ1) is 20.0. The first-order chi connectivity index (χ1) is 14.5. The Morgan fingerprint density at radius 2 is 2.03 bits per heavy atom. The van der Waals surface area contributed by atoms with Crippen molar-refractivity contribution in [3.05, 3.63) is 65.8 Å². The number of rotatable bonds is 6. The largest absolute Gasteiger partial charge is 0.465 e. The zero-order valence-corrected chi connectivity index (χ0v) is 17.8. The molecule has 10 heteroatoms. The average Bonchev–Trinajstić information content (AvgIpc) is 3.42. The third-order valence-corrected chi connectivity index (χ3v) is 5.55. The van der Waals surface area contributed by atoms with Crippen molar-refractivity contribution in [2.45, 2.75) is 32.9 Å². The normalized spacial score (nSPS) is 18.5. The van der Waals surface area contributed by atoms with Crippen LogP contribution in [0.1, 0.15) is 41.7 Å². The minimum atomic E-state index is -0.319. The van der Waals surface area contributed by atoms with Crippen molar-refractivity contribution in [1.29, 1.82) is 0 Å². The number of hydrogen-bond acceptors (Lipinski definition) is 6. The summed E-state index contributed by atoms with van der Waals surface area (Å²) in [6.07, 6.45) is 5.05. The summed E-state index contributed by atoms with van der Waals surface area (Å²) in [5.41, 5.74) is 3.90. The highest BCUT2D eigenvalue weighted by molar-refractivity contribution is 7.80. The molecule has 9 nitrogen and oxygen atoms in total. The zero-order chi connectivity index (χ0) is 21.3. The number of aromatic nitrogens is 5. The van der Waals surface area contributed by atoms with Crippen molar-refractivity contribution in [3.63, 3.8) is 0 Å². The Morgan fingerprint density at radius 3 is 2.70 bits per heavy atom. The predicted molar refractivity (Wildman–Crippen MR) is 114 cm³/mol. The highest BCUT2D eigenvalue weighted by Gasteiger charge is 2.42. The number of hydrogen-bond donors (Lipinski definition) is 1. The van der Waals surface area contributed by atoms with Gasteiger partial charge in [-0.25, -0.2) is 4.68 Å². The number of nitrogens with zero attached hydrogens (tertiary/aromatic N) is 6. The minimum Gasteiger partial charge on any atom is -0.465 e. The smallest absolute Gasteiger partial charge is 0.325 e. The molecule has 3 aromatic rings. The molecule has 0 aliphatic carbocycles. The number of aryl methyl sites for hydroxylation is 1. The molecule has 1 saturated heterocycles. The fourth-order valence-electron chi connectivity index (χ4n) is 3.99. The van der Waals surface area contributed by atoms with Crippen LogP contribution in [0.5, 0.6) is 0 Å². The van der Waals surface area contributed by atoms with E-state index in [4.69, 9.17) is 17.0 Å². The lowest BCUT2D eigenvalue weighted by atomic mass is 9.97. The van der Waals surface area contributed by atoms with E-state index in [1.165, 1.54) is 0 Å². The number of carbonyl (C=O) groups excluding carboxylic acids is 1. The fraction of sp³-hybridized carbons (Fsp3) is 0.350. The second-order valence-electron chi connectivity index (χ2n) is 7.04. The van der Waals surface area contributed by atoms with E-state index in [0.29, 0.717) is 11.7 Å². The average molecular weight is 426 g/mol. The monoisotopic (exact) mass is 425 g/mol. The van der Waals surface area contributed by atoms with Crippen molar-refractivity contribution < 1.29 is 9.53 Å². The van der Waals surface area contributed by atoms with Crippen molar-refractivity contribution in [2.24, 2.45) is 0 Å². The maximum Gasteiger partial charge on any atom is 0.325 e. The molecule has 1 aliphatic heterocycles. The van der Waals surface area contributed by atoms with Gasteiger partial charge in [0.1, 0.15) is 19.2 Å². The SMILES string of the molecule is CCOC(=O)CN1C(=S)N[C@@H](c2ccccn2)[C@H]1c1cc(C)n(-n2cnnc2)c1C. The molecule has 4 rings (SSSR count). The zero-order valence-electron chi connectivity index (χ0n) is 17.0. The Bertz CT molecular complexity index is 1050. The number of esters is 1. The van der Waals surface area contributed by atoms with Crippen LogP contribution in [0.25, 0.3) is 0 Å². The molecule has 1 N–H and O–H groups in total. The highest BCUT2D eigenvalue weighted by Crippen LogP contribution is 2.40. The second-order valence-corrected chi connectivity index (χ2v) is 7.43. The van der Waals surface area contributed by atoms with Gasteiger partial charge in [0.2, 0.25) is 0 Å². The Labute approximate surface area is 179 Å². The molecule has 0 aromatic carbocycles. The van der Waals surface area contributed by atoms with Gasteiger partial charge in [0.25, 0.3) is 0 Å². The van der Waals surface area contributed by atoms with Crippen LogP contribution in [0.2, 0.25) is 0 Å². The van der Waals surface area contributed by atoms with E-state index in [9.17, 15) is 4.79 Å². The lowest BCUT2D eigenvalue weighted by Crippen LogP contribution is -2.35. The van der Waals surface area contributed by atoms with Gasteiger partial charge >= 0.3 is 5.97 Å². The van der Waals surface area contributed by atoms with Crippen LogP contribution >= 0.6 is 12.2 Å². The Kier molecular flexibility index (Phi) is 5.49. The summed E-state index contributed by atoms with van der Waals surface area (Å²) in [6.45, 7) is 6.22. The molecular weight excluding hydrogens is 402 g/mol. The Balaban J connectivity index is 1.80. The van der Waals surface area contributed by atoms with Crippen LogP contribution in [-0.2, 0) is 9.53 Å². The standard InChI is InChI=1S/C20H23N7O2S/c1-4-29-17(28)10-26-19(18(24-20(26)30)16-7-5-6-8-21-16)15-9-13(2)27(14(15)3)25-11-22-23-12-25/h5-9,11-12,18-19H,4,10H2,1-3H3,(H,24,30)/t18-,19+/m0/s1. The quantitative estimate of drug-likeness (QED) is 0.473. The molecule has 1 aliphatic rings. The summed E-state index contributed by atoms with van der Waals surface area (Å²) in [6, 6.07) is 7.44. The number of ether oxygens (including phenoxy) is 1. The summed E-state index contributed by atoms with van der Waals surface area (Å²) >= 11 is 5.61. The van der Waals surface area contributed by atoms with Gasteiger partial charge < -0.3 is 15.0 Å². The number of carbonyl (C=O) groups is 1. The topological polar surface area (TPSA) is 90.1 Å². The van der Waals surface area contributed by atoms with Gasteiger partial charge in [-0.3, -0.25) is 14.5 Å². The van der Waals surface area contributed by atoms with Crippen LogP contribution < -0.4 is 5.32 Å². The second kappa shape index (κ2) is 8.23. The summed E-state index contributed by atoms with van der Waals surface area (Å²) in [5, 5.41) is 11.7. The number of thiocarbonyl (C=S) groups is 1. The predicted octanol–water partition coefficient (Wildman–Crippen LogP) is 1.94. The molecule has 3 aromatic heterocycles. The molecule has 0 unspecified atom stereocenters. The van der Waals surface area contributed by atoms with Gasteiger partial charge in [0, 0.05) is 23.1 Å². The minimum absolute atomic E-state index is 0.0595. The van der Waals surface area contributed by atoms with Crippen LogP contribution in [0.15, 0.2) is 43.1 Å². The van der Waals surface area contributed by atoms with E-state index in [0.717, 1.165) is 22.6 Å². The Hall–Kier alpha value is -3.27. The van der Waals surface area contributed by atoms with E-state index in [-0.39, 0.29) is 24.6 Å². The van der Waals surface area contributed by atoms with Crippen LogP contribution in [0, 0.1) is 13.8 Å². The maximum absolute atomic E-state index is 12.3. The molecule has 2 atom stereocenters. The van der Waals surface area contributed by atoms with Gasteiger partial charge in [-0.15, -0.1) is 10.2 Å². The highest BCUT2D eigenvalue weighted by atomic mass is 32.1. The lowest BCUT2D eigenvalue weighted by Gasteiger charge is -2.27. The summed E-state index contributed by atoms with van der Waals surface area (Å²) in [7, 11) is 0. The summed E-state index contributed by atoms with van der Waals surface area (Å²) < 4.78 is 9.03. The molecule has 0 amide bonds. The van der Waals surface area contributed by atoms with Crippen molar-refractivity contribution in [3.8, 4) is 0 Å². The molecule has 156 valence electrons. The molecule has 0 spiro atoms. The van der Waals surface area contributed by atoms with Crippen LogP contribution in [0.3, 0.4) is 0 Å². The molecule has 30 heavy (non-hydrogen) atoms. The van der Waals surface area contributed by atoms with Gasteiger partial charge in [0.05, 0.1) is 24.4 Å². The summed E-state index contributed by atoms with van der Waals surface area (Å²) in [4.78, 5) is 18.7. The molecular formula is C20H23N7O2S. The summed E-state index contributed by atoms with van der Waals surface area (Å²) in [5.74, 6) is -0.319. The van der Waals surface area contributed by atoms with Crippen molar-refractivity contribution >= 4 is 23.3 Å². The van der Waals surface area contributed by atoms with Crippen molar-refractivity contribution in [1.82, 2.24) is 34.8 Å². The molecule has 0 bridgehead atoms. The van der Waals surface area contributed by atoms with E-state index < -0.39 is 0 Å². The molecule has 4 heterocycles. The van der Waals surface area contributed by atoms with E-state index >= 15 is 0 Å². The molecule has 0 radical (unpaired) electrons. The van der Waals surface area contributed by atoms with Gasteiger partial charge in [-0.2, -0.15) is 0 Å². The van der Waals surface area contributed by atoms with Crippen LogP contribution in [-0.4, -0.2) is 53.7 Å². The van der Waals surface area contributed by atoms with E-state index in [2.05, 4.69) is 26.6 Å². The maximum atomic E-state index is 12.3.